The molecule has 3 aromatic carbocycles. The maximum atomic E-state index is 14.3. The summed E-state index contributed by atoms with van der Waals surface area (Å²) >= 11 is 0. The Morgan fingerprint density at radius 3 is 1.89 bits per heavy atom. The molecule has 0 bridgehead atoms. The number of phenols is 1. The Kier molecular flexibility index (Phi) is 22.4. The summed E-state index contributed by atoms with van der Waals surface area (Å²) in [6, 6.07) is 13.7. The third-order valence-corrected chi connectivity index (χ3v) is 12.3. The van der Waals surface area contributed by atoms with Gasteiger partial charge in [0.05, 0.1) is 19.6 Å². The third-order valence-electron chi connectivity index (χ3n) is 11.4. The van der Waals surface area contributed by atoms with Gasteiger partial charge in [0.25, 0.3) is 0 Å². The lowest BCUT2D eigenvalue weighted by Crippen LogP contribution is -2.58. The molecule has 0 aliphatic carbocycles. The molecule has 0 radical (unpaired) electrons. The van der Waals surface area contributed by atoms with E-state index in [0.717, 1.165) is 11.1 Å². The highest BCUT2D eigenvalue weighted by Crippen LogP contribution is 2.22. The van der Waals surface area contributed by atoms with Gasteiger partial charge in [0, 0.05) is 36.4 Å². The minimum Gasteiger partial charge on any atom is -0.508 e. The Labute approximate surface area is 429 Å². The predicted octanol–water partition coefficient (Wildman–Crippen LogP) is 3.76. The summed E-state index contributed by atoms with van der Waals surface area (Å²) in [5, 5.41) is 32.8. The summed E-state index contributed by atoms with van der Waals surface area (Å²) in [7, 11) is -5.50. The van der Waals surface area contributed by atoms with Gasteiger partial charge in [-0.3, -0.25) is 33.3 Å². The van der Waals surface area contributed by atoms with Crippen molar-refractivity contribution in [3.8, 4) is 5.75 Å². The molecule has 6 amide bonds. The Morgan fingerprint density at radius 2 is 1.28 bits per heavy atom. The molecule has 0 saturated carbocycles. The number of carbonyl (C=O) groups excluding carboxylic acids is 7. The smallest absolute Gasteiger partial charge is 0.426 e. The average Bonchev–Trinajstić information content (AvgIpc) is 3.74. The van der Waals surface area contributed by atoms with Crippen LogP contribution in [0, 0.1) is 0 Å². The topological polar surface area (TPSA) is 329 Å². The molecule has 23 heteroatoms. The first kappa shape index (κ1) is 59.0. The van der Waals surface area contributed by atoms with Gasteiger partial charge in [-0.05, 0) is 68.5 Å². The van der Waals surface area contributed by atoms with E-state index in [9.17, 15) is 61.5 Å². The largest absolute Gasteiger partial charge is 0.508 e. The molecule has 5 unspecified atom stereocenters. The molecule has 402 valence electrons. The fourth-order valence-electron chi connectivity index (χ4n) is 7.64. The van der Waals surface area contributed by atoms with E-state index in [4.69, 9.17) is 9.47 Å². The van der Waals surface area contributed by atoms with Gasteiger partial charge in [0.15, 0.2) is 0 Å². The van der Waals surface area contributed by atoms with Crippen LogP contribution in [0.5, 0.6) is 5.75 Å². The predicted molar refractivity (Wildman–Crippen MR) is 270 cm³/mol. The molecule has 22 nitrogen and oxygen atoms in total. The van der Waals surface area contributed by atoms with Crippen LogP contribution in [0.4, 0.5) is 4.79 Å². The van der Waals surface area contributed by atoms with Crippen LogP contribution in [0.1, 0.15) is 96.3 Å². The number of rotatable bonds is 28. The summed E-state index contributed by atoms with van der Waals surface area (Å²) in [6.07, 6.45) is 0.771. The second-order valence-corrected chi connectivity index (χ2v) is 19.8. The third kappa shape index (κ3) is 19.1. The van der Waals surface area contributed by atoms with Gasteiger partial charge >= 0.3 is 28.3 Å². The van der Waals surface area contributed by atoms with Crippen molar-refractivity contribution in [3.63, 3.8) is 0 Å². The van der Waals surface area contributed by atoms with E-state index in [1.54, 1.807) is 37.4 Å². The normalized spacial score (nSPS) is 13.5. The van der Waals surface area contributed by atoms with Crippen molar-refractivity contribution in [2.24, 2.45) is 0 Å². The molecule has 0 saturated heterocycles. The molecule has 4 aromatic rings. The van der Waals surface area contributed by atoms with Crippen molar-refractivity contribution in [1.82, 2.24) is 35.9 Å². The summed E-state index contributed by atoms with van der Waals surface area (Å²) in [5.41, 5.74) is 1.14. The van der Waals surface area contributed by atoms with E-state index in [2.05, 4.69) is 31.6 Å². The lowest BCUT2D eigenvalue weighted by atomic mass is 10.0. The van der Waals surface area contributed by atoms with E-state index in [1.165, 1.54) is 45.0 Å². The Morgan fingerprint density at radius 1 is 0.703 bits per heavy atom. The lowest BCUT2D eigenvalue weighted by Gasteiger charge is -2.31. The number of ether oxygens (including phenoxy) is 2. The van der Waals surface area contributed by atoms with Crippen LogP contribution in [0.3, 0.4) is 0 Å². The van der Waals surface area contributed by atoms with Crippen molar-refractivity contribution < 1.29 is 71.0 Å². The van der Waals surface area contributed by atoms with Crippen LogP contribution in [0.15, 0.2) is 85.1 Å². The van der Waals surface area contributed by atoms with Crippen molar-refractivity contribution in [2.45, 2.75) is 135 Å². The number of amides is 6. The Hall–Kier alpha value is -7.53. The first-order valence-electron chi connectivity index (χ1n) is 24.2. The molecule has 0 aliphatic rings. The van der Waals surface area contributed by atoms with Gasteiger partial charge in [-0.2, -0.15) is 12.7 Å². The number of unbranched alkanes of at least 4 members (excludes halogenated alkanes) is 2. The van der Waals surface area contributed by atoms with Gasteiger partial charge in [-0.1, -0.05) is 100 Å². The summed E-state index contributed by atoms with van der Waals surface area (Å²) < 4.78 is 46.3. The maximum absolute atomic E-state index is 14.3. The number of carboxylic acid groups (broad SMARTS) is 1. The first-order chi connectivity index (χ1) is 35.0. The molecule has 0 aliphatic heterocycles. The molecule has 0 fully saturated rings. The number of benzene rings is 3. The highest BCUT2D eigenvalue weighted by molar-refractivity contribution is 7.84. The number of aromatic amines is 1. The van der Waals surface area contributed by atoms with Crippen molar-refractivity contribution in [2.75, 3.05) is 13.2 Å². The van der Waals surface area contributed by atoms with Gasteiger partial charge < -0.3 is 51.3 Å². The SMILES string of the molecule is CCCCC(NC(=O)C(Cc1c[nH]c2ccccc12)NC(=O)CNC(=O)C(CCCC)NC(=O)C(Cc1ccc(O)cc1)N(C(=O)OC(C)(C)C)S(=O)(=O)O)C(=O)NC(CC(=O)O)C(=O)OCCc1ccccc1. The molecule has 9 N–H and O–H groups in total. The zero-order chi connectivity index (χ0) is 54.6. The molecular formula is C51H67N7O15S. The molecule has 5 atom stereocenters. The van der Waals surface area contributed by atoms with E-state index < -0.39 is 113 Å². The Balaban J connectivity index is 1.55. The minimum atomic E-state index is -5.50. The highest BCUT2D eigenvalue weighted by atomic mass is 32.2. The van der Waals surface area contributed by atoms with Crippen molar-refractivity contribution >= 4 is 68.8 Å². The number of para-hydroxylation sites is 1. The van der Waals surface area contributed by atoms with Crippen LogP contribution < -0.4 is 26.6 Å². The van der Waals surface area contributed by atoms with E-state index in [1.807, 2.05) is 37.3 Å². The van der Waals surface area contributed by atoms with E-state index >= 15 is 0 Å². The van der Waals surface area contributed by atoms with Crippen LogP contribution in [0.2, 0.25) is 0 Å². The van der Waals surface area contributed by atoms with E-state index in [-0.39, 0.29) is 41.5 Å². The molecule has 4 rings (SSSR count). The molecule has 0 spiro atoms. The van der Waals surface area contributed by atoms with Gasteiger partial charge in [0.1, 0.15) is 41.6 Å². The fraction of sp³-hybridized carbons (Fsp3) is 0.451. The van der Waals surface area contributed by atoms with Gasteiger partial charge in [-0.25, -0.2) is 9.59 Å². The number of aromatic nitrogens is 1. The van der Waals surface area contributed by atoms with Crippen LogP contribution in [-0.4, -0.2) is 129 Å². The quantitative estimate of drug-likeness (QED) is 0.0289. The zero-order valence-corrected chi connectivity index (χ0v) is 42.9. The molecule has 74 heavy (non-hydrogen) atoms. The minimum absolute atomic E-state index is 0.0362. The number of aromatic hydroxyl groups is 1. The summed E-state index contributed by atoms with van der Waals surface area (Å²) in [5.74, 6) is -7.26. The number of esters is 1. The number of nitrogens with zero attached hydrogens (tertiary/aromatic N) is 1. The van der Waals surface area contributed by atoms with Gasteiger partial charge in [-0.15, -0.1) is 0 Å². The van der Waals surface area contributed by atoms with Crippen LogP contribution in [-0.2, 0) is 72.6 Å². The maximum Gasteiger partial charge on any atom is 0.426 e. The number of carbonyl (C=O) groups is 8. The summed E-state index contributed by atoms with van der Waals surface area (Å²) in [6.45, 7) is 7.08. The van der Waals surface area contributed by atoms with Crippen molar-refractivity contribution in [3.05, 3.63) is 102 Å². The standard InChI is InChI=1S/C51H67N7O15S/c1-6-8-18-38(56-48(66)42(27-33-21-23-35(59)24-22-33)58(74(69,70)71)50(68)73-51(3,4)5)45(63)53-31-43(60)54-40(28-34-30-52-37-20-14-13-17-36(34)37)47(65)55-39(19-9-7-2)46(64)57-41(29-44(61)62)49(67)72-26-25-32-15-11-10-12-16-32/h10-17,20-24,30,38-42,52,59H,6-9,18-19,25-29,31H2,1-5H3,(H,53,63)(H,54,60)(H,55,65)(H,56,66)(H,57,64)(H,61,62)(H,69,70,71). The number of carboxylic acids is 1. The zero-order valence-electron chi connectivity index (χ0n) is 42.1. The first-order valence-corrected chi connectivity index (χ1v) is 25.6. The number of nitrogens with one attached hydrogen (secondary N) is 6. The van der Waals surface area contributed by atoms with Crippen LogP contribution in [0.25, 0.3) is 10.9 Å². The lowest BCUT2D eigenvalue weighted by molar-refractivity contribution is -0.152. The number of hydrogen-bond donors (Lipinski definition) is 9. The molecule has 1 aromatic heterocycles. The monoisotopic (exact) mass is 1050 g/mol. The van der Waals surface area contributed by atoms with Crippen LogP contribution >= 0.6 is 0 Å². The second kappa shape index (κ2) is 28.1. The highest BCUT2D eigenvalue weighted by Gasteiger charge is 2.42. The van der Waals surface area contributed by atoms with Gasteiger partial charge in [0.2, 0.25) is 29.5 Å². The molecular weight excluding hydrogens is 983 g/mol. The average molecular weight is 1050 g/mol. The second-order valence-electron chi connectivity index (χ2n) is 18.5. The number of fused-ring (bicyclic) bond motifs is 1. The molecule has 1 heterocycles. The number of phenolic OH excluding ortho intramolecular Hbond substituents is 1. The number of hydrogen-bond acceptors (Lipinski definition) is 13. The fourth-order valence-corrected chi connectivity index (χ4v) is 8.36. The Bertz CT molecular complexity index is 2670. The summed E-state index contributed by atoms with van der Waals surface area (Å²) in [4.78, 5) is 111. The van der Waals surface area contributed by atoms with E-state index in [0.29, 0.717) is 43.1 Å². The number of H-pyrrole nitrogens is 1. The van der Waals surface area contributed by atoms with Crippen molar-refractivity contribution in [1.29, 1.82) is 0 Å². The number of aliphatic carboxylic acids is 1.